The number of Topliss-reactive ketones (excluding diaryl/α,β-unsaturated/α-hetero) is 1. The second-order valence-electron chi connectivity index (χ2n) is 5.60. The van der Waals surface area contributed by atoms with Crippen LogP contribution in [0, 0.1) is 5.41 Å². The van der Waals surface area contributed by atoms with Crippen LogP contribution >= 0.6 is 0 Å². The highest BCUT2D eigenvalue weighted by Crippen LogP contribution is 2.37. The number of fused-ring (bicyclic) bond motifs is 1. The fourth-order valence-electron chi connectivity index (χ4n) is 2.71. The average Bonchev–Trinajstić information content (AvgIpc) is 2.49. The molecule has 0 saturated heterocycles. The van der Waals surface area contributed by atoms with E-state index in [0.717, 1.165) is 29.5 Å². The normalized spacial score (nSPS) is 22.2. The number of carbonyl (C=O) groups is 2. The Bertz CT molecular complexity index is 631. The van der Waals surface area contributed by atoms with Crippen molar-refractivity contribution in [3.05, 3.63) is 59.2 Å². The number of ketones is 1. The zero-order valence-electron chi connectivity index (χ0n) is 12.2. The van der Waals surface area contributed by atoms with Crippen molar-refractivity contribution in [2.75, 3.05) is 0 Å². The van der Waals surface area contributed by atoms with E-state index < -0.39 is 11.3 Å². The Morgan fingerprint density at radius 2 is 2.05 bits per heavy atom. The standard InChI is InChI=1S/C17H19NO3/c1-12(7-8-15(19)18-21)11-17(2)10-9-13-5-3-4-6-14(13)16(17)20/h3-8,11,21H,9-10H2,1-2H3,(H,18,19)/b8-7+,12-11+. The lowest BCUT2D eigenvalue weighted by molar-refractivity contribution is -0.124. The van der Waals surface area contributed by atoms with Gasteiger partial charge in [0, 0.05) is 17.1 Å². The summed E-state index contributed by atoms with van der Waals surface area (Å²) in [5.74, 6) is -0.475. The van der Waals surface area contributed by atoms with Crippen molar-refractivity contribution >= 4 is 11.7 Å². The van der Waals surface area contributed by atoms with Crippen molar-refractivity contribution in [3.8, 4) is 0 Å². The van der Waals surface area contributed by atoms with Gasteiger partial charge in [0.2, 0.25) is 0 Å². The van der Waals surface area contributed by atoms with E-state index in [0.29, 0.717) is 0 Å². The summed E-state index contributed by atoms with van der Waals surface area (Å²) < 4.78 is 0. The average molecular weight is 285 g/mol. The number of hydrogen-bond donors (Lipinski definition) is 2. The molecule has 4 nitrogen and oxygen atoms in total. The van der Waals surface area contributed by atoms with Crippen LogP contribution in [0.4, 0.5) is 0 Å². The number of nitrogens with one attached hydrogen (secondary N) is 1. The molecule has 0 aliphatic heterocycles. The van der Waals surface area contributed by atoms with Crippen molar-refractivity contribution in [3.63, 3.8) is 0 Å². The predicted octanol–water partition coefficient (Wildman–Crippen LogP) is 2.83. The molecule has 0 aromatic heterocycles. The van der Waals surface area contributed by atoms with Crippen LogP contribution in [-0.2, 0) is 11.2 Å². The molecule has 1 atom stereocenters. The molecule has 2 rings (SSSR count). The van der Waals surface area contributed by atoms with Crippen LogP contribution in [0.3, 0.4) is 0 Å². The Hall–Kier alpha value is -2.20. The molecule has 21 heavy (non-hydrogen) atoms. The Morgan fingerprint density at radius 1 is 1.33 bits per heavy atom. The number of aryl methyl sites for hydroxylation is 1. The number of rotatable bonds is 3. The fraction of sp³-hybridized carbons (Fsp3) is 0.294. The van der Waals surface area contributed by atoms with E-state index in [1.54, 1.807) is 6.08 Å². The van der Waals surface area contributed by atoms with Gasteiger partial charge in [0.15, 0.2) is 5.78 Å². The third-order valence-electron chi connectivity index (χ3n) is 3.85. The van der Waals surface area contributed by atoms with Crippen LogP contribution in [0.25, 0.3) is 0 Å². The van der Waals surface area contributed by atoms with Gasteiger partial charge in [-0.1, -0.05) is 42.0 Å². The van der Waals surface area contributed by atoms with E-state index in [9.17, 15) is 9.59 Å². The number of amides is 1. The number of allylic oxidation sites excluding steroid dienone is 3. The molecule has 4 heteroatoms. The van der Waals surface area contributed by atoms with Gasteiger partial charge in [0.1, 0.15) is 0 Å². The Balaban J connectivity index is 2.26. The highest BCUT2D eigenvalue weighted by atomic mass is 16.5. The summed E-state index contributed by atoms with van der Waals surface area (Å²) in [6.45, 7) is 3.76. The Morgan fingerprint density at radius 3 is 2.76 bits per heavy atom. The highest BCUT2D eigenvalue weighted by molar-refractivity contribution is 6.03. The van der Waals surface area contributed by atoms with E-state index in [1.165, 1.54) is 11.6 Å². The summed E-state index contributed by atoms with van der Waals surface area (Å²) in [7, 11) is 0. The van der Waals surface area contributed by atoms with Crippen molar-refractivity contribution in [2.45, 2.75) is 26.7 Å². The molecule has 0 heterocycles. The molecular formula is C17H19NO3. The van der Waals surface area contributed by atoms with Gasteiger partial charge in [0.05, 0.1) is 0 Å². The minimum atomic E-state index is -0.590. The molecule has 0 radical (unpaired) electrons. The summed E-state index contributed by atoms with van der Waals surface area (Å²) in [5, 5.41) is 8.45. The molecule has 1 amide bonds. The van der Waals surface area contributed by atoms with E-state index in [-0.39, 0.29) is 5.78 Å². The molecule has 1 aromatic rings. The monoisotopic (exact) mass is 285 g/mol. The molecule has 0 bridgehead atoms. The van der Waals surface area contributed by atoms with E-state index >= 15 is 0 Å². The molecule has 110 valence electrons. The first kappa shape index (κ1) is 15.2. The summed E-state index contributed by atoms with van der Waals surface area (Å²) in [5.41, 5.74) is 3.67. The lowest BCUT2D eigenvalue weighted by Crippen LogP contribution is -2.31. The SMILES string of the molecule is CC(/C=C/C(=O)NO)=C\C1(C)CCc2ccccc2C1=O. The lowest BCUT2D eigenvalue weighted by atomic mass is 9.71. The maximum absolute atomic E-state index is 12.7. The van der Waals surface area contributed by atoms with Gasteiger partial charge in [-0.3, -0.25) is 14.8 Å². The van der Waals surface area contributed by atoms with Crippen LogP contribution in [0.5, 0.6) is 0 Å². The zero-order valence-corrected chi connectivity index (χ0v) is 12.2. The van der Waals surface area contributed by atoms with Crippen LogP contribution < -0.4 is 5.48 Å². The summed E-state index contributed by atoms with van der Waals surface area (Å²) in [6.07, 6.45) is 6.33. The first-order valence-electron chi connectivity index (χ1n) is 6.90. The molecule has 2 N–H and O–H groups in total. The van der Waals surface area contributed by atoms with E-state index in [2.05, 4.69) is 0 Å². The van der Waals surface area contributed by atoms with Crippen molar-refractivity contribution in [2.24, 2.45) is 5.41 Å². The van der Waals surface area contributed by atoms with Gasteiger partial charge in [-0.15, -0.1) is 0 Å². The molecular weight excluding hydrogens is 266 g/mol. The Kier molecular flexibility index (Phi) is 4.38. The smallest absolute Gasteiger partial charge is 0.267 e. The maximum atomic E-state index is 12.7. The van der Waals surface area contributed by atoms with Crippen LogP contribution in [0.15, 0.2) is 48.1 Å². The molecule has 0 saturated carbocycles. The largest absolute Gasteiger partial charge is 0.293 e. The van der Waals surface area contributed by atoms with Gasteiger partial charge in [-0.05, 0) is 32.3 Å². The van der Waals surface area contributed by atoms with Crippen molar-refractivity contribution in [1.82, 2.24) is 5.48 Å². The zero-order chi connectivity index (χ0) is 15.5. The minimum absolute atomic E-state index is 0.115. The van der Waals surface area contributed by atoms with E-state index in [4.69, 9.17) is 5.21 Å². The second kappa shape index (κ2) is 6.06. The molecule has 0 fully saturated rings. The summed E-state index contributed by atoms with van der Waals surface area (Å²) in [6, 6.07) is 7.69. The second-order valence-corrected chi connectivity index (χ2v) is 5.60. The van der Waals surface area contributed by atoms with Gasteiger partial charge >= 0.3 is 0 Å². The predicted molar refractivity (Wildman–Crippen MR) is 80.0 cm³/mol. The molecule has 1 aliphatic carbocycles. The van der Waals surface area contributed by atoms with Crippen LogP contribution in [0.1, 0.15) is 36.2 Å². The fourth-order valence-corrected chi connectivity index (χ4v) is 2.71. The lowest BCUT2D eigenvalue weighted by Gasteiger charge is -2.31. The van der Waals surface area contributed by atoms with Crippen molar-refractivity contribution < 1.29 is 14.8 Å². The maximum Gasteiger partial charge on any atom is 0.267 e. The number of hydroxylamine groups is 1. The van der Waals surface area contributed by atoms with Crippen LogP contribution in [-0.4, -0.2) is 16.9 Å². The Labute approximate surface area is 124 Å². The topological polar surface area (TPSA) is 66.4 Å². The number of carbonyl (C=O) groups excluding carboxylic acids is 2. The minimum Gasteiger partial charge on any atom is -0.293 e. The molecule has 1 aliphatic rings. The van der Waals surface area contributed by atoms with Gasteiger partial charge < -0.3 is 0 Å². The van der Waals surface area contributed by atoms with E-state index in [1.807, 2.05) is 44.2 Å². The van der Waals surface area contributed by atoms with Crippen LogP contribution in [0.2, 0.25) is 0 Å². The summed E-state index contributed by atoms with van der Waals surface area (Å²) in [4.78, 5) is 23.7. The summed E-state index contributed by atoms with van der Waals surface area (Å²) >= 11 is 0. The molecule has 1 unspecified atom stereocenters. The third kappa shape index (κ3) is 3.28. The van der Waals surface area contributed by atoms with Gasteiger partial charge in [-0.25, -0.2) is 5.48 Å². The van der Waals surface area contributed by atoms with Gasteiger partial charge in [0.25, 0.3) is 5.91 Å². The van der Waals surface area contributed by atoms with Gasteiger partial charge in [-0.2, -0.15) is 0 Å². The number of hydrogen-bond acceptors (Lipinski definition) is 3. The molecule has 0 spiro atoms. The highest BCUT2D eigenvalue weighted by Gasteiger charge is 2.36. The quantitative estimate of drug-likeness (QED) is 0.388. The van der Waals surface area contributed by atoms with Crippen molar-refractivity contribution in [1.29, 1.82) is 0 Å². The number of benzene rings is 1. The third-order valence-corrected chi connectivity index (χ3v) is 3.85. The molecule has 1 aromatic carbocycles. The first-order valence-corrected chi connectivity index (χ1v) is 6.90. The first-order chi connectivity index (χ1) is 9.96.